The third-order valence-electron chi connectivity index (χ3n) is 2.36. The van der Waals surface area contributed by atoms with Gasteiger partial charge in [0.05, 0.1) is 5.88 Å². The smallest absolute Gasteiger partial charge is 0.298 e. The average molecular weight is 297 g/mol. The molecule has 6 heteroatoms. The Morgan fingerprint density at radius 1 is 1.39 bits per heavy atom. The number of hydrogen-bond acceptors (Lipinski definition) is 2. The van der Waals surface area contributed by atoms with Crippen molar-refractivity contribution >= 4 is 29.1 Å². The molecule has 0 fully saturated rings. The van der Waals surface area contributed by atoms with Crippen molar-refractivity contribution < 1.29 is 18.0 Å². The van der Waals surface area contributed by atoms with Crippen LogP contribution in [0.2, 0.25) is 0 Å². The normalized spacial score (nSPS) is 11.6. The van der Waals surface area contributed by atoms with Crippen molar-refractivity contribution in [3.63, 3.8) is 0 Å². The molecule has 0 aliphatic carbocycles. The molecule has 0 heterocycles. The van der Waals surface area contributed by atoms with E-state index in [9.17, 15) is 18.0 Å². The Morgan fingerprint density at radius 2 is 2.06 bits per heavy atom. The lowest BCUT2D eigenvalue weighted by atomic mass is 10.0. The highest BCUT2D eigenvalue weighted by Crippen LogP contribution is 2.39. The summed E-state index contributed by atoms with van der Waals surface area (Å²) < 4.78 is 37.3. The van der Waals surface area contributed by atoms with Crippen molar-refractivity contribution in [2.45, 2.75) is 30.2 Å². The minimum Gasteiger partial charge on any atom is -0.298 e. The van der Waals surface area contributed by atoms with Crippen LogP contribution in [0, 0.1) is 0 Å². The molecule has 0 N–H and O–H groups in total. The third kappa shape index (κ3) is 4.53. The summed E-state index contributed by atoms with van der Waals surface area (Å²) in [6, 6.07) is 4.69. The molecule has 0 atom stereocenters. The fourth-order valence-electron chi connectivity index (χ4n) is 1.61. The number of hydrogen-bond donors (Lipinski definition) is 0. The van der Waals surface area contributed by atoms with Crippen molar-refractivity contribution in [1.29, 1.82) is 0 Å². The third-order valence-corrected chi connectivity index (χ3v) is 3.49. The van der Waals surface area contributed by atoms with Gasteiger partial charge in [-0.3, -0.25) is 4.79 Å². The number of Topliss-reactive ketones (excluding diaryl/α,β-unsaturated/α-hetero) is 1. The highest BCUT2D eigenvalue weighted by molar-refractivity contribution is 8.00. The number of alkyl halides is 4. The van der Waals surface area contributed by atoms with E-state index in [2.05, 4.69) is 0 Å². The van der Waals surface area contributed by atoms with Crippen molar-refractivity contribution in [2.75, 3.05) is 5.88 Å². The van der Waals surface area contributed by atoms with Crippen molar-refractivity contribution in [3.05, 3.63) is 29.3 Å². The molecule has 1 aromatic rings. The van der Waals surface area contributed by atoms with Crippen LogP contribution in [0.1, 0.15) is 18.1 Å². The Bertz CT molecular complexity index is 432. The lowest BCUT2D eigenvalue weighted by Gasteiger charge is -2.14. The van der Waals surface area contributed by atoms with Crippen LogP contribution in [-0.2, 0) is 17.6 Å². The van der Waals surface area contributed by atoms with Crippen LogP contribution >= 0.6 is 23.4 Å². The molecule has 1 aromatic carbocycles. The molecular formula is C12H12ClF3OS. The van der Waals surface area contributed by atoms with Crippen LogP contribution in [0.3, 0.4) is 0 Å². The Hall–Kier alpha value is -0.680. The fourth-order valence-corrected chi connectivity index (χ4v) is 2.42. The van der Waals surface area contributed by atoms with Gasteiger partial charge in [-0.15, -0.1) is 11.6 Å². The second kappa shape index (κ2) is 6.48. The van der Waals surface area contributed by atoms with Crippen molar-refractivity contribution in [1.82, 2.24) is 0 Å². The molecule has 0 amide bonds. The van der Waals surface area contributed by atoms with E-state index in [4.69, 9.17) is 11.6 Å². The lowest BCUT2D eigenvalue weighted by molar-refractivity contribution is -0.116. The fraction of sp³-hybridized carbons (Fsp3) is 0.417. The van der Waals surface area contributed by atoms with Crippen LogP contribution in [-0.4, -0.2) is 17.2 Å². The quantitative estimate of drug-likeness (QED) is 0.598. The van der Waals surface area contributed by atoms with E-state index in [0.717, 1.165) is 5.56 Å². The summed E-state index contributed by atoms with van der Waals surface area (Å²) in [7, 11) is 0. The second-order valence-corrected chi connectivity index (χ2v) is 5.02. The summed E-state index contributed by atoms with van der Waals surface area (Å²) in [6.07, 6.45) is 0.531. The molecule has 0 aromatic heterocycles. The number of carbonyl (C=O) groups is 1. The zero-order valence-electron chi connectivity index (χ0n) is 9.68. The number of rotatable bonds is 5. The van der Waals surface area contributed by atoms with Gasteiger partial charge in [0.2, 0.25) is 0 Å². The molecule has 1 rings (SSSR count). The standard InChI is InChI=1S/C12H12ClF3OS/c1-2-8-4-3-5-11(18-12(14,15)16)10(8)6-9(17)7-13/h3-5H,2,6-7H2,1H3. The molecule has 0 saturated carbocycles. The zero-order valence-corrected chi connectivity index (χ0v) is 11.3. The van der Waals surface area contributed by atoms with Gasteiger partial charge in [-0.1, -0.05) is 19.1 Å². The highest BCUT2D eigenvalue weighted by Gasteiger charge is 2.30. The first kappa shape index (κ1) is 15.4. The molecule has 0 saturated heterocycles. The summed E-state index contributed by atoms with van der Waals surface area (Å²) in [5, 5.41) is 0. The maximum absolute atomic E-state index is 12.4. The molecule has 0 radical (unpaired) electrons. The van der Waals surface area contributed by atoms with Gasteiger partial charge in [-0.2, -0.15) is 13.2 Å². The van der Waals surface area contributed by atoms with Crippen LogP contribution < -0.4 is 0 Å². The second-order valence-electron chi connectivity index (χ2n) is 3.64. The van der Waals surface area contributed by atoms with Crippen molar-refractivity contribution in [2.24, 2.45) is 0 Å². The number of benzene rings is 1. The summed E-state index contributed by atoms with van der Waals surface area (Å²) in [5.74, 6) is -0.463. The summed E-state index contributed by atoms with van der Waals surface area (Å²) >= 11 is 5.22. The van der Waals surface area contributed by atoms with E-state index in [-0.39, 0.29) is 34.7 Å². The Morgan fingerprint density at radius 3 is 2.56 bits per heavy atom. The first-order valence-corrected chi connectivity index (χ1v) is 6.66. The van der Waals surface area contributed by atoms with E-state index in [1.807, 2.05) is 6.92 Å². The Labute approximate surface area is 113 Å². The molecule has 0 unspecified atom stereocenters. The Balaban J connectivity index is 3.12. The summed E-state index contributed by atoms with van der Waals surface area (Å²) in [6.45, 7) is 1.84. The minimum atomic E-state index is -4.36. The van der Waals surface area contributed by atoms with Gasteiger partial charge in [0.1, 0.15) is 0 Å². The summed E-state index contributed by atoms with van der Waals surface area (Å²) in [5.41, 5.74) is -3.17. The predicted molar refractivity (Wildman–Crippen MR) is 67.2 cm³/mol. The first-order valence-electron chi connectivity index (χ1n) is 5.31. The van der Waals surface area contributed by atoms with Gasteiger partial charge in [0, 0.05) is 11.3 Å². The average Bonchev–Trinajstić information content (AvgIpc) is 2.29. The molecule has 0 bridgehead atoms. The number of thioether (sulfide) groups is 1. The van der Waals surface area contributed by atoms with Gasteiger partial charge in [0.25, 0.3) is 0 Å². The van der Waals surface area contributed by atoms with E-state index >= 15 is 0 Å². The molecule has 100 valence electrons. The van der Waals surface area contributed by atoms with E-state index in [0.29, 0.717) is 12.0 Å². The monoisotopic (exact) mass is 296 g/mol. The van der Waals surface area contributed by atoms with Crippen LogP contribution in [0.15, 0.2) is 23.1 Å². The van der Waals surface area contributed by atoms with Gasteiger partial charge < -0.3 is 0 Å². The maximum Gasteiger partial charge on any atom is 0.446 e. The van der Waals surface area contributed by atoms with Gasteiger partial charge in [-0.05, 0) is 35.4 Å². The topological polar surface area (TPSA) is 17.1 Å². The number of ketones is 1. The van der Waals surface area contributed by atoms with E-state index < -0.39 is 5.51 Å². The van der Waals surface area contributed by atoms with E-state index in [1.54, 1.807) is 12.1 Å². The molecular weight excluding hydrogens is 285 g/mol. The molecule has 0 aliphatic heterocycles. The SMILES string of the molecule is CCc1cccc(SC(F)(F)F)c1CC(=O)CCl. The van der Waals surface area contributed by atoms with Crippen molar-refractivity contribution in [3.8, 4) is 0 Å². The van der Waals surface area contributed by atoms with Crippen LogP contribution in [0.5, 0.6) is 0 Å². The number of halogens is 4. The van der Waals surface area contributed by atoms with Gasteiger partial charge in [-0.25, -0.2) is 0 Å². The minimum absolute atomic E-state index is 0.0497. The number of carbonyl (C=O) groups excluding carboxylic acids is 1. The molecule has 0 aliphatic rings. The Kier molecular flexibility index (Phi) is 5.53. The lowest BCUT2D eigenvalue weighted by Crippen LogP contribution is -2.09. The van der Waals surface area contributed by atoms with Crippen LogP contribution in [0.25, 0.3) is 0 Å². The van der Waals surface area contributed by atoms with E-state index in [1.165, 1.54) is 6.07 Å². The van der Waals surface area contributed by atoms with Gasteiger partial charge in [0.15, 0.2) is 5.78 Å². The zero-order chi connectivity index (χ0) is 13.8. The molecule has 18 heavy (non-hydrogen) atoms. The van der Waals surface area contributed by atoms with Gasteiger partial charge >= 0.3 is 5.51 Å². The number of aryl methyl sites for hydroxylation is 1. The molecule has 0 spiro atoms. The molecule has 1 nitrogen and oxygen atoms in total. The first-order chi connectivity index (χ1) is 8.37. The summed E-state index contributed by atoms with van der Waals surface area (Å²) in [4.78, 5) is 11.4. The predicted octanol–water partition coefficient (Wildman–Crippen LogP) is 4.21. The highest BCUT2D eigenvalue weighted by atomic mass is 35.5. The largest absolute Gasteiger partial charge is 0.446 e. The van der Waals surface area contributed by atoms with Crippen LogP contribution in [0.4, 0.5) is 13.2 Å². The maximum atomic E-state index is 12.4.